The van der Waals surface area contributed by atoms with E-state index in [9.17, 15) is 0 Å². The van der Waals surface area contributed by atoms with Gasteiger partial charge < -0.3 is 4.52 Å². The molecule has 1 nitrogen and oxygen atoms in total. The summed E-state index contributed by atoms with van der Waals surface area (Å²) in [7, 11) is 0.0628. The highest BCUT2D eigenvalue weighted by atomic mass is 31.2. The molecule has 2 heterocycles. The minimum Gasteiger partial charge on any atom is -0.463 e. The van der Waals surface area contributed by atoms with Crippen LogP contribution in [0.3, 0.4) is 0 Å². The maximum atomic E-state index is 5.08. The van der Waals surface area contributed by atoms with E-state index in [4.69, 9.17) is 4.52 Å². The second-order valence-corrected chi connectivity index (χ2v) is 3.35. The van der Waals surface area contributed by atoms with Crippen molar-refractivity contribution < 1.29 is 4.52 Å². The van der Waals surface area contributed by atoms with Crippen molar-refractivity contribution in [3.8, 4) is 0 Å². The van der Waals surface area contributed by atoms with E-state index in [2.05, 4.69) is 6.08 Å². The van der Waals surface area contributed by atoms with Crippen molar-refractivity contribution >= 4 is 8.15 Å². The van der Waals surface area contributed by atoms with Crippen LogP contribution in [0.1, 0.15) is 6.42 Å². The summed E-state index contributed by atoms with van der Waals surface area (Å²) in [4.78, 5) is 0. The smallest absolute Gasteiger partial charge is 0.158 e. The van der Waals surface area contributed by atoms with Crippen LogP contribution in [-0.2, 0) is 4.52 Å². The molecule has 1 fully saturated rings. The summed E-state index contributed by atoms with van der Waals surface area (Å²) in [5, 5.41) is 0. The van der Waals surface area contributed by atoms with Crippen LogP contribution in [0.15, 0.2) is 11.6 Å². The number of allylic oxidation sites excluding steroid dienone is 1. The lowest BCUT2D eigenvalue weighted by atomic mass is 10.5. The molecule has 2 aliphatic rings. The minimum atomic E-state index is 0.0628. The Balaban J connectivity index is 2.35. The van der Waals surface area contributed by atoms with E-state index < -0.39 is 0 Å². The van der Waals surface area contributed by atoms with Crippen LogP contribution >= 0.6 is 8.15 Å². The Labute approximate surface area is 37.8 Å². The van der Waals surface area contributed by atoms with Crippen molar-refractivity contribution in [3.05, 3.63) is 11.6 Å². The zero-order valence-corrected chi connectivity index (χ0v) is 4.24. The van der Waals surface area contributed by atoms with Crippen LogP contribution in [0, 0.1) is 0 Å². The van der Waals surface area contributed by atoms with Crippen LogP contribution < -0.4 is 0 Å². The lowest BCUT2D eigenvalue weighted by Gasteiger charge is -1.76. The van der Waals surface area contributed by atoms with Crippen LogP contribution in [0.5, 0.6) is 0 Å². The Kier molecular flexibility index (Phi) is 0.399. The van der Waals surface area contributed by atoms with Gasteiger partial charge in [-0.2, -0.15) is 0 Å². The molecule has 2 aliphatic heterocycles. The molecule has 0 N–H and O–H groups in total. The van der Waals surface area contributed by atoms with Crippen molar-refractivity contribution in [1.29, 1.82) is 0 Å². The van der Waals surface area contributed by atoms with E-state index in [0.717, 1.165) is 0 Å². The standard InChI is InChI=1S/C4H5OP/c1-2-4-5-6(4)3-1/h2H,1,3H2. The van der Waals surface area contributed by atoms with E-state index in [1.165, 1.54) is 18.1 Å². The summed E-state index contributed by atoms with van der Waals surface area (Å²) in [6, 6.07) is 0. The van der Waals surface area contributed by atoms with Crippen LogP contribution in [0.4, 0.5) is 0 Å². The van der Waals surface area contributed by atoms with E-state index in [1.807, 2.05) is 0 Å². The van der Waals surface area contributed by atoms with Crippen molar-refractivity contribution in [2.75, 3.05) is 6.16 Å². The summed E-state index contributed by atoms with van der Waals surface area (Å²) in [5.41, 5.74) is 1.31. The van der Waals surface area contributed by atoms with Gasteiger partial charge in [-0.3, -0.25) is 0 Å². The van der Waals surface area contributed by atoms with E-state index in [-0.39, 0.29) is 8.15 Å². The van der Waals surface area contributed by atoms with Crippen molar-refractivity contribution in [1.82, 2.24) is 0 Å². The van der Waals surface area contributed by atoms with Crippen LogP contribution in [0.25, 0.3) is 0 Å². The summed E-state index contributed by atoms with van der Waals surface area (Å²) in [5.74, 6) is 0. The SMILES string of the molecule is C1=C2OP2CC1. The molecule has 1 unspecified atom stereocenters. The molecule has 6 heavy (non-hydrogen) atoms. The molecule has 1 saturated heterocycles. The Morgan fingerprint density at radius 3 is 3.00 bits per heavy atom. The molecule has 32 valence electrons. The second-order valence-electron chi connectivity index (χ2n) is 1.52. The number of hydrogen-bond donors (Lipinski definition) is 0. The topological polar surface area (TPSA) is 12.5 Å². The highest BCUT2D eigenvalue weighted by Crippen LogP contribution is 2.68. The zero-order chi connectivity index (χ0) is 3.98. The third-order valence-electron chi connectivity index (χ3n) is 1.07. The largest absolute Gasteiger partial charge is 0.463 e. The molecular weight excluding hydrogens is 95.0 g/mol. The van der Waals surface area contributed by atoms with E-state index in [0.29, 0.717) is 0 Å². The molecule has 2 heteroatoms. The lowest BCUT2D eigenvalue weighted by Crippen LogP contribution is -1.62. The van der Waals surface area contributed by atoms with Gasteiger partial charge in [0.1, 0.15) is 0 Å². The van der Waals surface area contributed by atoms with Gasteiger partial charge in [-0.1, -0.05) is 0 Å². The lowest BCUT2D eigenvalue weighted by molar-refractivity contribution is 0.626. The first-order valence-electron chi connectivity index (χ1n) is 2.12. The van der Waals surface area contributed by atoms with E-state index in [1.54, 1.807) is 0 Å². The summed E-state index contributed by atoms with van der Waals surface area (Å²) in [6.45, 7) is 0. The van der Waals surface area contributed by atoms with Gasteiger partial charge >= 0.3 is 0 Å². The Morgan fingerprint density at radius 2 is 2.83 bits per heavy atom. The van der Waals surface area contributed by atoms with Gasteiger partial charge in [0.15, 0.2) is 13.6 Å². The summed E-state index contributed by atoms with van der Waals surface area (Å²) in [6.07, 6.45) is 4.79. The molecule has 0 aromatic heterocycles. The number of rotatable bonds is 0. The third kappa shape index (κ3) is 0.244. The predicted octanol–water partition coefficient (Wildman–Crippen LogP) is 1.66. The third-order valence-corrected chi connectivity index (χ3v) is 2.75. The zero-order valence-electron chi connectivity index (χ0n) is 3.35. The van der Waals surface area contributed by atoms with Gasteiger partial charge in [-0.05, 0) is 12.5 Å². The van der Waals surface area contributed by atoms with Gasteiger partial charge in [-0.25, -0.2) is 0 Å². The van der Waals surface area contributed by atoms with Crippen LogP contribution in [-0.4, -0.2) is 6.16 Å². The first kappa shape index (κ1) is 3.04. The highest BCUT2D eigenvalue weighted by molar-refractivity contribution is 7.64. The average Bonchev–Trinajstić information content (AvgIpc) is 2.17. The molecule has 1 atom stereocenters. The molecule has 0 amide bonds. The molecule has 2 rings (SSSR count). The molecule has 0 aromatic rings. The number of fused-ring (bicyclic) bond motifs is 1. The molecule has 0 saturated carbocycles. The van der Waals surface area contributed by atoms with Crippen molar-refractivity contribution in [3.63, 3.8) is 0 Å². The Hall–Kier alpha value is -0.0300. The maximum absolute atomic E-state index is 5.08. The molecule has 0 spiro atoms. The van der Waals surface area contributed by atoms with Gasteiger partial charge in [0.2, 0.25) is 0 Å². The Bertz CT molecular complexity index is 108. The maximum Gasteiger partial charge on any atom is 0.158 e. The Morgan fingerprint density at radius 1 is 1.83 bits per heavy atom. The molecular formula is C4H5OP. The minimum absolute atomic E-state index is 0.0628. The fraction of sp³-hybridized carbons (Fsp3) is 0.500. The molecule has 0 radical (unpaired) electrons. The van der Waals surface area contributed by atoms with Gasteiger partial charge in [0, 0.05) is 6.16 Å². The second kappa shape index (κ2) is 0.788. The van der Waals surface area contributed by atoms with Crippen molar-refractivity contribution in [2.24, 2.45) is 0 Å². The molecule has 0 bridgehead atoms. The van der Waals surface area contributed by atoms with E-state index >= 15 is 0 Å². The normalized spacial score (nSPS) is 37.3. The summed E-state index contributed by atoms with van der Waals surface area (Å²) >= 11 is 0. The first-order chi connectivity index (χ1) is 2.97. The summed E-state index contributed by atoms with van der Waals surface area (Å²) < 4.78 is 5.08. The fourth-order valence-corrected chi connectivity index (χ4v) is 2.13. The molecule has 0 aliphatic carbocycles. The van der Waals surface area contributed by atoms with Gasteiger partial charge in [-0.15, -0.1) is 0 Å². The predicted molar refractivity (Wildman–Crippen MR) is 25.6 cm³/mol. The fourth-order valence-electron chi connectivity index (χ4n) is 0.693. The van der Waals surface area contributed by atoms with Gasteiger partial charge in [0.05, 0.1) is 0 Å². The molecule has 0 aromatic carbocycles. The first-order valence-corrected chi connectivity index (χ1v) is 3.57. The monoisotopic (exact) mass is 100 g/mol. The van der Waals surface area contributed by atoms with Gasteiger partial charge in [0.25, 0.3) is 0 Å². The number of hydrogen-bond acceptors (Lipinski definition) is 1. The van der Waals surface area contributed by atoms with Crippen molar-refractivity contribution in [2.45, 2.75) is 6.42 Å². The van der Waals surface area contributed by atoms with Crippen LogP contribution in [0.2, 0.25) is 0 Å². The highest BCUT2D eigenvalue weighted by Gasteiger charge is 2.36. The average molecular weight is 100 g/mol. The quantitative estimate of drug-likeness (QED) is 0.333.